The predicted molar refractivity (Wildman–Crippen MR) is 81.9 cm³/mol. The Morgan fingerprint density at radius 3 is 2.79 bits per heavy atom. The van der Waals surface area contributed by atoms with Crippen molar-refractivity contribution in [1.29, 1.82) is 0 Å². The minimum atomic E-state index is 0.276. The molecule has 2 fully saturated rings. The van der Waals surface area contributed by atoms with E-state index >= 15 is 0 Å². The van der Waals surface area contributed by atoms with Crippen molar-refractivity contribution < 1.29 is 4.74 Å². The largest absolute Gasteiger partial charge is 0.370 e. The molecule has 0 aromatic rings. The van der Waals surface area contributed by atoms with Crippen LogP contribution in [0.15, 0.2) is 0 Å². The highest BCUT2D eigenvalue weighted by Crippen LogP contribution is 2.41. The number of hydrogen-bond acceptors (Lipinski definition) is 2. The molecule has 2 rings (SSSR count). The van der Waals surface area contributed by atoms with Crippen molar-refractivity contribution in [1.82, 2.24) is 5.32 Å². The molecule has 0 aromatic carbocycles. The molecule has 2 aliphatic rings. The summed E-state index contributed by atoms with van der Waals surface area (Å²) >= 11 is 5.81. The minimum Gasteiger partial charge on any atom is -0.370 e. The highest BCUT2D eigenvalue weighted by Gasteiger charge is 2.40. The van der Waals surface area contributed by atoms with E-state index in [9.17, 15) is 0 Å². The van der Waals surface area contributed by atoms with E-state index in [1.807, 2.05) is 0 Å². The number of rotatable bonds is 7. The van der Waals surface area contributed by atoms with E-state index in [2.05, 4.69) is 12.2 Å². The molecule has 0 radical (unpaired) electrons. The Bertz CT molecular complexity index is 253. The SMILES string of the molecule is CC(CCl)CCCNCC1CCC2(CCCCC2)O1. The topological polar surface area (TPSA) is 21.3 Å². The predicted octanol–water partition coefficient (Wildman–Crippen LogP) is 4.11. The first-order chi connectivity index (χ1) is 9.24. The Morgan fingerprint density at radius 2 is 2.05 bits per heavy atom. The molecule has 1 aliphatic heterocycles. The molecule has 1 spiro atoms. The van der Waals surface area contributed by atoms with Gasteiger partial charge in [-0.25, -0.2) is 0 Å². The summed E-state index contributed by atoms with van der Waals surface area (Å²) in [6.45, 7) is 4.37. The van der Waals surface area contributed by atoms with Crippen LogP contribution in [-0.4, -0.2) is 30.7 Å². The number of halogens is 1. The lowest BCUT2D eigenvalue weighted by Gasteiger charge is -2.33. The molecule has 1 saturated carbocycles. The van der Waals surface area contributed by atoms with Gasteiger partial charge < -0.3 is 10.1 Å². The third kappa shape index (κ3) is 4.91. The molecule has 3 heteroatoms. The Morgan fingerprint density at radius 1 is 1.26 bits per heavy atom. The van der Waals surface area contributed by atoms with E-state index in [1.165, 1.54) is 57.8 Å². The summed E-state index contributed by atoms with van der Waals surface area (Å²) in [7, 11) is 0. The van der Waals surface area contributed by atoms with Crippen molar-refractivity contribution >= 4 is 11.6 Å². The van der Waals surface area contributed by atoms with Gasteiger partial charge in [0.05, 0.1) is 11.7 Å². The summed E-state index contributed by atoms with van der Waals surface area (Å²) in [6.07, 6.45) is 12.2. The molecule has 1 aliphatic carbocycles. The maximum atomic E-state index is 6.36. The van der Waals surface area contributed by atoms with Gasteiger partial charge in [-0.15, -0.1) is 11.6 Å². The second kappa shape index (κ2) is 7.85. The zero-order valence-electron chi connectivity index (χ0n) is 12.4. The van der Waals surface area contributed by atoms with Crippen molar-refractivity contribution in [3.63, 3.8) is 0 Å². The zero-order chi connectivity index (χ0) is 13.6. The third-order valence-electron chi connectivity index (χ3n) is 4.79. The standard InChI is InChI=1S/C16H30ClNO/c1-14(12-17)6-5-11-18-13-15-7-10-16(19-15)8-3-2-4-9-16/h14-15,18H,2-13H2,1H3. The van der Waals surface area contributed by atoms with Gasteiger partial charge in [-0.05, 0) is 51.0 Å². The Balaban J connectivity index is 1.55. The van der Waals surface area contributed by atoms with Gasteiger partial charge in [0.15, 0.2) is 0 Å². The summed E-state index contributed by atoms with van der Waals surface area (Å²) in [5.41, 5.74) is 0.276. The second-order valence-electron chi connectivity index (χ2n) is 6.63. The maximum Gasteiger partial charge on any atom is 0.0708 e. The van der Waals surface area contributed by atoms with Gasteiger partial charge in [0.25, 0.3) is 0 Å². The highest BCUT2D eigenvalue weighted by atomic mass is 35.5. The zero-order valence-corrected chi connectivity index (χ0v) is 13.2. The van der Waals surface area contributed by atoms with Crippen molar-refractivity contribution in [2.24, 2.45) is 5.92 Å². The van der Waals surface area contributed by atoms with Gasteiger partial charge in [0, 0.05) is 12.4 Å². The van der Waals surface area contributed by atoms with Crippen LogP contribution >= 0.6 is 11.6 Å². The second-order valence-corrected chi connectivity index (χ2v) is 6.94. The van der Waals surface area contributed by atoms with Crippen molar-refractivity contribution in [2.45, 2.75) is 76.4 Å². The summed E-state index contributed by atoms with van der Waals surface area (Å²) in [4.78, 5) is 0. The molecule has 0 amide bonds. The van der Waals surface area contributed by atoms with Gasteiger partial charge >= 0.3 is 0 Å². The summed E-state index contributed by atoms with van der Waals surface area (Å²) in [5, 5.41) is 3.56. The highest BCUT2D eigenvalue weighted by molar-refractivity contribution is 6.18. The van der Waals surface area contributed by atoms with Crippen LogP contribution in [0, 0.1) is 5.92 Å². The fourth-order valence-electron chi connectivity index (χ4n) is 3.52. The number of ether oxygens (including phenoxy) is 1. The molecule has 0 aromatic heterocycles. The third-order valence-corrected chi connectivity index (χ3v) is 5.32. The number of alkyl halides is 1. The monoisotopic (exact) mass is 287 g/mol. The lowest BCUT2D eigenvalue weighted by atomic mass is 9.83. The van der Waals surface area contributed by atoms with Crippen LogP contribution in [0.1, 0.15) is 64.7 Å². The lowest BCUT2D eigenvalue weighted by molar-refractivity contribution is -0.0623. The van der Waals surface area contributed by atoms with Crippen LogP contribution in [0.25, 0.3) is 0 Å². The molecule has 2 unspecified atom stereocenters. The molecular formula is C16H30ClNO. The van der Waals surface area contributed by atoms with Crippen molar-refractivity contribution in [3.8, 4) is 0 Å². The first-order valence-electron chi connectivity index (χ1n) is 8.19. The number of hydrogen-bond donors (Lipinski definition) is 1. The molecule has 19 heavy (non-hydrogen) atoms. The van der Waals surface area contributed by atoms with E-state index in [4.69, 9.17) is 16.3 Å². The molecule has 1 saturated heterocycles. The molecule has 112 valence electrons. The average molecular weight is 288 g/mol. The molecule has 0 bridgehead atoms. The Hall–Kier alpha value is 0.210. The van der Waals surface area contributed by atoms with Gasteiger partial charge in [-0.2, -0.15) is 0 Å². The van der Waals surface area contributed by atoms with Crippen molar-refractivity contribution in [3.05, 3.63) is 0 Å². The van der Waals surface area contributed by atoms with Crippen LogP contribution in [0.4, 0.5) is 0 Å². The van der Waals surface area contributed by atoms with E-state index in [1.54, 1.807) is 0 Å². The first kappa shape index (κ1) is 15.6. The van der Waals surface area contributed by atoms with Gasteiger partial charge in [-0.3, -0.25) is 0 Å². The maximum absolute atomic E-state index is 6.36. The molecule has 2 nitrogen and oxygen atoms in total. The van der Waals surface area contributed by atoms with Gasteiger partial charge in [0.1, 0.15) is 0 Å². The molecular weight excluding hydrogens is 258 g/mol. The van der Waals surface area contributed by atoms with Crippen LogP contribution in [-0.2, 0) is 4.74 Å². The molecule has 1 heterocycles. The average Bonchev–Trinajstić information content (AvgIpc) is 2.82. The lowest BCUT2D eigenvalue weighted by Crippen LogP contribution is -2.34. The van der Waals surface area contributed by atoms with Crippen molar-refractivity contribution in [2.75, 3.05) is 19.0 Å². The number of nitrogens with one attached hydrogen (secondary N) is 1. The van der Waals surface area contributed by atoms with Gasteiger partial charge in [0.2, 0.25) is 0 Å². The van der Waals surface area contributed by atoms with E-state index in [-0.39, 0.29) is 5.60 Å². The van der Waals surface area contributed by atoms with E-state index in [0.29, 0.717) is 12.0 Å². The first-order valence-corrected chi connectivity index (χ1v) is 8.72. The van der Waals surface area contributed by atoms with E-state index in [0.717, 1.165) is 19.0 Å². The van der Waals surface area contributed by atoms with Gasteiger partial charge in [-0.1, -0.05) is 26.2 Å². The quantitative estimate of drug-likeness (QED) is 0.562. The fraction of sp³-hybridized carbons (Fsp3) is 1.00. The van der Waals surface area contributed by atoms with Crippen LogP contribution in [0.5, 0.6) is 0 Å². The smallest absolute Gasteiger partial charge is 0.0708 e. The van der Waals surface area contributed by atoms with E-state index < -0.39 is 0 Å². The Labute approximate surface area is 123 Å². The van der Waals surface area contributed by atoms with Crippen LogP contribution in [0.2, 0.25) is 0 Å². The minimum absolute atomic E-state index is 0.276. The fourth-order valence-corrected chi connectivity index (χ4v) is 3.67. The summed E-state index contributed by atoms with van der Waals surface area (Å²) in [5.74, 6) is 1.44. The van der Waals surface area contributed by atoms with Crippen LogP contribution < -0.4 is 5.32 Å². The Kier molecular flexibility index (Phi) is 6.44. The molecule has 2 atom stereocenters. The normalized spacial score (nSPS) is 27.8. The molecule has 1 N–H and O–H groups in total. The summed E-state index contributed by atoms with van der Waals surface area (Å²) < 4.78 is 6.36. The van der Waals surface area contributed by atoms with Crippen LogP contribution in [0.3, 0.4) is 0 Å². The summed E-state index contributed by atoms with van der Waals surface area (Å²) in [6, 6.07) is 0.